The Labute approximate surface area is 187 Å². The zero-order valence-electron chi connectivity index (χ0n) is 18.5. The van der Waals surface area contributed by atoms with Crippen molar-refractivity contribution in [3.63, 3.8) is 0 Å². The van der Waals surface area contributed by atoms with E-state index in [4.69, 9.17) is 4.98 Å². The molecule has 0 bridgehead atoms. The van der Waals surface area contributed by atoms with E-state index in [9.17, 15) is 4.79 Å². The van der Waals surface area contributed by atoms with E-state index in [0.29, 0.717) is 23.4 Å². The van der Waals surface area contributed by atoms with Crippen molar-refractivity contribution in [1.82, 2.24) is 24.3 Å². The number of pyridine rings is 1. The van der Waals surface area contributed by atoms with Gasteiger partial charge in [-0.25, -0.2) is 9.67 Å². The standard InChI is InChI=1S/C25H28N6O/c1-17(2)21-6-3-4-7-22(21)31-23(32)13-8-18-16-26-25(29-24(18)31)28-19-9-11-20(12-10-19)30-15-5-14-27-30/h5,8-17,21-22H,3-4,6-7H2,1-2H3,(H,26,28,29). The zero-order chi connectivity index (χ0) is 22.1. The van der Waals surface area contributed by atoms with Crippen LogP contribution in [0.15, 0.2) is 65.8 Å². The van der Waals surface area contributed by atoms with Crippen molar-refractivity contribution in [2.75, 3.05) is 5.32 Å². The first-order chi connectivity index (χ1) is 15.6. The number of benzene rings is 1. The van der Waals surface area contributed by atoms with Crippen molar-refractivity contribution >= 4 is 22.7 Å². The summed E-state index contributed by atoms with van der Waals surface area (Å²) in [7, 11) is 0. The normalized spacial score (nSPS) is 18.8. The Morgan fingerprint density at radius 3 is 2.62 bits per heavy atom. The SMILES string of the molecule is CC(C)C1CCCCC1n1c(=O)ccc2cnc(Nc3ccc(-n4cccn4)cc3)nc21. The van der Waals surface area contributed by atoms with Crippen LogP contribution in [0.25, 0.3) is 16.7 Å². The molecular weight excluding hydrogens is 400 g/mol. The minimum atomic E-state index is 0.0169. The van der Waals surface area contributed by atoms with Gasteiger partial charge in [0, 0.05) is 41.8 Å². The van der Waals surface area contributed by atoms with E-state index >= 15 is 0 Å². The van der Waals surface area contributed by atoms with E-state index in [2.05, 4.69) is 29.2 Å². The van der Waals surface area contributed by atoms with Gasteiger partial charge in [-0.1, -0.05) is 26.7 Å². The number of nitrogens with zero attached hydrogens (tertiary/aromatic N) is 5. The maximum Gasteiger partial charge on any atom is 0.252 e. The Morgan fingerprint density at radius 1 is 1.06 bits per heavy atom. The summed E-state index contributed by atoms with van der Waals surface area (Å²) in [4.78, 5) is 22.3. The average Bonchev–Trinajstić information content (AvgIpc) is 3.34. The van der Waals surface area contributed by atoms with E-state index in [-0.39, 0.29) is 11.6 Å². The molecule has 1 aliphatic rings. The molecule has 1 aliphatic carbocycles. The van der Waals surface area contributed by atoms with Crippen molar-refractivity contribution in [3.05, 3.63) is 71.4 Å². The lowest BCUT2D eigenvalue weighted by Crippen LogP contribution is -2.34. The van der Waals surface area contributed by atoms with Gasteiger partial charge in [0.2, 0.25) is 5.95 Å². The fraction of sp³-hybridized carbons (Fsp3) is 0.360. The molecule has 3 aromatic heterocycles. The monoisotopic (exact) mass is 428 g/mol. The van der Waals surface area contributed by atoms with Crippen LogP contribution in [0.4, 0.5) is 11.6 Å². The molecule has 7 heteroatoms. The van der Waals surface area contributed by atoms with Gasteiger partial charge in [-0.05, 0) is 61.1 Å². The molecule has 5 rings (SSSR count). The molecule has 0 aliphatic heterocycles. The highest BCUT2D eigenvalue weighted by molar-refractivity contribution is 5.76. The Balaban J connectivity index is 1.49. The van der Waals surface area contributed by atoms with Crippen molar-refractivity contribution in [1.29, 1.82) is 0 Å². The number of aromatic nitrogens is 5. The molecule has 2 atom stereocenters. The fourth-order valence-electron chi connectivity index (χ4n) is 4.91. The summed E-state index contributed by atoms with van der Waals surface area (Å²) in [6.07, 6.45) is 10.0. The van der Waals surface area contributed by atoms with Gasteiger partial charge < -0.3 is 5.32 Å². The summed E-state index contributed by atoms with van der Waals surface area (Å²) < 4.78 is 3.73. The number of anilines is 2. The molecule has 0 radical (unpaired) electrons. The molecule has 1 saturated carbocycles. The molecule has 4 aromatic rings. The Kier molecular flexibility index (Phi) is 5.47. The van der Waals surface area contributed by atoms with Crippen molar-refractivity contribution in [2.45, 2.75) is 45.6 Å². The van der Waals surface area contributed by atoms with Crippen molar-refractivity contribution in [3.8, 4) is 5.69 Å². The van der Waals surface area contributed by atoms with Gasteiger partial charge in [0.05, 0.1) is 5.69 Å². The molecule has 1 N–H and O–H groups in total. The maximum absolute atomic E-state index is 13.0. The lowest BCUT2D eigenvalue weighted by atomic mass is 9.77. The van der Waals surface area contributed by atoms with Crippen LogP contribution in [0.2, 0.25) is 0 Å². The molecule has 164 valence electrons. The van der Waals surface area contributed by atoms with Gasteiger partial charge in [-0.3, -0.25) is 9.36 Å². The third kappa shape index (κ3) is 3.90. The molecule has 0 amide bonds. The van der Waals surface area contributed by atoms with Crippen LogP contribution in [0.1, 0.15) is 45.6 Å². The minimum Gasteiger partial charge on any atom is -0.324 e. The fourth-order valence-corrected chi connectivity index (χ4v) is 4.91. The van der Waals surface area contributed by atoms with Gasteiger partial charge in [0.25, 0.3) is 5.56 Å². The summed E-state index contributed by atoms with van der Waals surface area (Å²) >= 11 is 0. The minimum absolute atomic E-state index is 0.0169. The van der Waals surface area contributed by atoms with Gasteiger partial charge in [-0.15, -0.1) is 0 Å². The highest BCUT2D eigenvalue weighted by Gasteiger charge is 2.30. The molecular formula is C25H28N6O. The van der Waals surface area contributed by atoms with Crippen LogP contribution in [0.3, 0.4) is 0 Å². The van der Waals surface area contributed by atoms with Crippen molar-refractivity contribution in [2.24, 2.45) is 11.8 Å². The zero-order valence-corrected chi connectivity index (χ0v) is 18.5. The molecule has 1 fully saturated rings. The summed E-state index contributed by atoms with van der Waals surface area (Å²) in [6, 6.07) is 13.5. The van der Waals surface area contributed by atoms with E-state index in [1.807, 2.05) is 51.8 Å². The van der Waals surface area contributed by atoms with E-state index < -0.39 is 0 Å². The van der Waals surface area contributed by atoms with Gasteiger partial charge in [0.15, 0.2) is 0 Å². The van der Waals surface area contributed by atoms with E-state index in [1.165, 1.54) is 6.42 Å². The van der Waals surface area contributed by atoms with E-state index in [1.54, 1.807) is 18.5 Å². The van der Waals surface area contributed by atoms with Crippen LogP contribution < -0.4 is 10.9 Å². The third-order valence-corrected chi connectivity index (χ3v) is 6.53. The second kappa shape index (κ2) is 8.57. The Morgan fingerprint density at radius 2 is 1.88 bits per heavy atom. The number of rotatable bonds is 5. The Bertz CT molecular complexity index is 1260. The number of hydrogen-bond donors (Lipinski definition) is 1. The molecule has 0 spiro atoms. The maximum atomic E-state index is 13.0. The number of nitrogens with one attached hydrogen (secondary N) is 1. The Hall–Kier alpha value is -3.48. The lowest BCUT2D eigenvalue weighted by molar-refractivity contribution is 0.184. The number of fused-ring (bicyclic) bond motifs is 1. The van der Waals surface area contributed by atoms with Gasteiger partial charge in [0.1, 0.15) is 5.65 Å². The lowest BCUT2D eigenvalue weighted by Gasteiger charge is -2.36. The first-order valence-electron chi connectivity index (χ1n) is 11.4. The first-order valence-corrected chi connectivity index (χ1v) is 11.4. The highest BCUT2D eigenvalue weighted by atomic mass is 16.1. The van der Waals surface area contributed by atoms with E-state index in [0.717, 1.165) is 36.0 Å². The first kappa shape index (κ1) is 20.4. The molecule has 3 heterocycles. The van der Waals surface area contributed by atoms with Crippen molar-refractivity contribution < 1.29 is 0 Å². The largest absolute Gasteiger partial charge is 0.324 e. The molecule has 0 saturated heterocycles. The predicted molar refractivity (Wildman–Crippen MR) is 126 cm³/mol. The molecule has 7 nitrogen and oxygen atoms in total. The molecule has 1 aromatic carbocycles. The number of hydrogen-bond acceptors (Lipinski definition) is 5. The molecule has 2 unspecified atom stereocenters. The summed E-state index contributed by atoms with van der Waals surface area (Å²) in [5.74, 6) is 1.49. The summed E-state index contributed by atoms with van der Waals surface area (Å²) in [5.41, 5.74) is 2.58. The summed E-state index contributed by atoms with van der Waals surface area (Å²) in [5, 5.41) is 8.43. The van der Waals surface area contributed by atoms with Crippen LogP contribution >= 0.6 is 0 Å². The summed E-state index contributed by atoms with van der Waals surface area (Å²) in [6.45, 7) is 4.52. The van der Waals surface area contributed by atoms with Crippen LogP contribution in [0.5, 0.6) is 0 Å². The second-order valence-electron chi connectivity index (χ2n) is 8.90. The van der Waals surface area contributed by atoms with Gasteiger partial charge >= 0.3 is 0 Å². The van der Waals surface area contributed by atoms with Crippen LogP contribution in [0, 0.1) is 11.8 Å². The van der Waals surface area contributed by atoms with Gasteiger partial charge in [-0.2, -0.15) is 10.1 Å². The highest BCUT2D eigenvalue weighted by Crippen LogP contribution is 2.38. The van der Waals surface area contributed by atoms with Crippen LogP contribution in [-0.4, -0.2) is 24.3 Å². The van der Waals surface area contributed by atoms with Crippen LogP contribution in [-0.2, 0) is 0 Å². The molecule has 32 heavy (non-hydrogen) atoms. The smallest absolute Gasteiger partial charge is 0.252 e. The average molecular weight is 429 g/mol. The third-order valence-electron chi connectivity index (χ3n) is 6.53. The predicted octanol–water partition coefficient (Wildman–Crippen LogP) is 5.11. The topological polar surface area (TPSA) is 77.6 Å². The quantitative estimate of drug-likeness (QED) is 0.478. The second-order valence-corrected chi connectivity index (χ2v) is 8.90.